The van der Waals surface area contributed by atoms with Crippen molar-refractivity contribution < 1.29 is 22.7 Å². The first-order chi connectivity index (χ1) is 25.3. The molecule has 3 atom stereocenters. The number of nitrogens with zero attached hydrogens (tertiary/aromatic N) is 3. The highest BCUT2D eigenvalue weighted by Crippen LogP contribution is 2.53. The van der Waals surface area contributed by atoms with Gasteiger partial charge in [0.1, 0.15) is 10.5 Å². The monoisotopic (exact) mass is 740 g/mol. The number of hydrogen-bond donors (Lipinski definition) is 1. The Morgan fingerprint density at radius 3 is 2.45 bits per heavy atom. The van der Waals surface area contributed by atoms with Gasteiger partial charge in [0, 0.05) is 60.5 Å². The molecule has 7 rings (SSSR count). The lowest BCUT2D eigenvalue weighted by Gasteiger charge is -2.40. The van der Waals surface area contributed by atoms with E-state index >= 15 is 4.79 Å². The fourth-order valence-electron chi connectivity index (χ4n) is 9.44. The van der Waals surface area contributed by atoms with Crippen molar-refractivity contribution >= 4 is 32.7 Å². The van der Waals surface area contributed by atoms with E-state index in [1.807, 2.05) is 25.1 Å². The molecule has 3 fully saturated rings. The molecule has 0 radical (unpaired) electrons. The molecule has 3 heterocycles. The summed E-state index contributed by atoms with van der Waals surface area (Å²) in [6.45, 7) is 8.22. The Morgan fingerprint density at radius 2 is 1.77 bits per heavy atom. The van der Waals surface area contributed by atoms with Crippen molar-refractivity contribution in [2.75, 3.05) is 34.3 Å². The lowest BCUT2D eigenvalue weighted by Crippen LogP contribution is -2.50. The minimum Gasteiger partial charge on any atom is -0.497 e. The quantitative estimate of drug-likeness (QED) is 0.229. The van der Waals surface area contributed by atoms with Gasteiger partial charge in [-0.3, -0.25) is 9.59 Å². The number of ether oxygens (including phenoxy) is 1. The van der Waals surface area contributed by atoms with Gasteiger partial charge in [-0.25, -0.2) is 13.1 Å². The molecule has 53 heavy (non-hydrogen) atoms. The van der Waals surface area contributed by atoms with Crippen LogP contribution in [0.15, 0.2) is 36.4 Å². The molecule has 2 amide bonds. The van der Waals surface area contributed by atoms with Gasteiger partial charge in [-0.1, -0.05) is 39.2 Å². The van der Waals surface area contributed by atoms with Crippen molar-refractivity contribution in [1.29, 1.82) is 0 Å². The number of methoxy groups -OCH3 is 1. The summed E-state index contributed by atoms with van der Waals surface area (Å²) >= 11 is 0. The maximum Gasteiger partial charge on any atom is 0.264 e. The average molecular weight is 741 g/mol. The number of carbonyl (C=O) groups is 2. The third-order valence-corrected chi connectivity index (χ3v) is 15.0. The number of rotatable bonds is 9. The first kappa shape index (κ1) is 37.5. The van der Waals surface area contributed by atoms with E-state index in [0.29, 0.717) is 31.7 Å². The van der Waals surface area contributed by atoms with Crippen molar-refractivity contribution in [1.82, 2.24) is 19.1 Å². The lowest BCUT2D eigenvalue weighted by molar-refractivity contribution is -0.144. The molecule has 284 valence electrons. The van der Waals surface area contributed by atoms with Crippen LogP contribution in [-0.4, -0.2) is 79.7 Å². The predicted octanol–water partition coefficient (Wildman–Crippen LogP) is 7.44. The topological polar surface area (TPSA) is 101 Å². The molecule has 3 unspecified atom stereocenters. The van der Waals surface area contributed by atoms with E-state index in [1.165, 1.54) is 12.0 Å². The molecule has 1 N–H and O–H groups in total. The smallest absolute Gasteiger partial charge is 0.264 e. The number of nitrogens with one attached hydrogen (secondary N) is 1. The number of likely N-dealkylation sites (tertiary alicyclic amines) is 1. The number of amides is 2. The number of aromatic nitrogens is 1. The zero-order chi connectivity index (χ0) is 37.7. The summed E-state index contributed by atoms with van der Waals surface area (Å²) in [5, 5.41) is 1.07. The van der Waals surface area contributed by atoms with Gasteiger partial charge in [-0.05, 0) is 113 Å². The number of carbonyl (C=O) groups excluding carboxylic acids is 2. The number of sulfonamides is 1. The molecule has 3 aromatic rings. The third-order valence-electron chi connectivity index (χ3n) is 12.8. The van der Waals surface area contributed by atoms with Crippen LogP contribution in [0.4, 0.5) is 0 Å². The van der Waals surface area contributed by atoms with Gasteiger partial charge in [0.05, 0.1) is 18.2 Å². The number of hydrogen-bond acceptors (Lipinski definition) is 6. The standard InChI is InChI=1S/C43H56N4O5S/c1-7-8-12-21-43(22-23-43)53(50,51)44-40(48)31-17-19-35-37(25-31)47-28-42(3,41(49)46-24-13-16-32(46)27-45(4)5)29(2)36-26-33(52-6)18-20-34(36)39(47)38(35)30-14-10-9-11-15-30/h17-20,25-26,29-30,32H,7,9-11,13-16,21-24,27-28H2,1-6H3,(H,44,48). The van der Waals surface area contributed by atoms with E-state index in [-0.39, 0.29) is 29.9 Å². The van der Waals surface area contributed by atoms with Crippen LogP contribution >= 0.6 is 0 Å². The normalized spacial score (nSPS) is 23.9. The highest BCUT2D eigenvalue weighted by Gasteiger charge is 2.55. The molecule has 1 saturated heterocycles. The molecular formula is C43H56N4O5S. The highest BCUT2D eigenvalue weighted by atomic mass is 32.2. The van der Waals surface area contributed by atoms with Crippen LogP contribution in [0, 0.1) is 17.3 Å². The van der Waals surface area contributed by atoms with Crippen molar-refractivity contribution in [3.8, 4) is 28.8 Å². The fraction of sp³-hybridized carbons (Fsp3) is 0.581. The average Bonchev–Trinajstić information content (AvgIpc) is 3.74. The Hall–Kier alpha value is -3.81. The summed E-state index contributed by atoms with van der Waals surface area (Å²) in [6, 6.07) is 12.1. The molecule has 2 saturated carbocycles. The number of benzene rings is 2. The van der Waals surface area contributed by atoms with E-state index in [9.17, 15) is 13.2 Å². The molecular weight excluding hydrogens is 685 g/mol. The van der Waals surface area contributed by atoms with Gasteiger partial charge in [-0.2, -0.15) is 0 Å². The molecule has 1 aromatic heterocycles. The summed E-state index contributed by atoms with van der Waals surface area (Å²) in [4.78, 5) is 33.3. The Labute approximate surface area is 315 Å². The molecule has 0 spiro atoms. The van der Waals surface area contributed by atoms with Crippen molar-refractivity contribution in [3.63, 3.8) is 0 Å². The van der Waals surface area contributed by atoms with Crippen molar-refractivity contribution in [3.05, 3.63) is 53.1 Å². The van der Waals surface area contributed by atoms with Crippen LogP contribution in [0.1, 0.15) is 125 Å². The second-order valence-electron chi connectivity index (χ2n) is 16.6. The van der Waals surface area contributed by atoms with Crippen LogP contribution in [0.3, 0.4) is 0 Å². The van der Waals surface area contributed by atoms with E-state index in [4.69, 9.17) is 4.74 Å². The highest BCUT2D eigenvalue weighted by molar-refractivity contribution is 7.91. The fourth-order valence-corrected chi connectivity index (χ4v) is 10.9. The molecule has 2 aliphatic heterocycles. The van der Waals surface area contributed by atoms with Gasteiger partial charge in [-0.15, -0.1) is 11.8 Å². The minimum absolute atomic E-state index is 0.142. The van der Waals surface area contributed by atoms with Crippen molar-refractivity contribution in [2.45, 2.75) is 121 Å². The van der Waals surface area contributed by atoms with Crippen LogP contribution in [0.2, 0.25) is 0 Å². The largest absolute Gasteiger partial charge is 0.497 e. The zero-order valence-corrected chi connectivity index (χ0v) is 33.2. The van der Waals surface area contributed by atoms with E-state index in [1.54, 1.807) is 13.2 Å². The molecule has 2 aromatic carbocycles. The van der Waals surface area contributed by atoms with Crippen molar-refractivity contribution in [2.24, 2.45) is 5.41 Å². The molecule has 10 heteroatoms. The Balaban J connectivity index is 1.39. The first-order valence-electron chi connectivity index (χ1n) is 19.7. The number of fused-ring (bicyclic) bond motifs is 5. The van der Waals surface area contributed by atoms with Gasteiger partial charge < -0.3 is 19.1 Å². The van der Waals surface area contributed by atoms with Crippen LogP contribution in [0.5, 0.6) is 5.75 Å². The van der Waals surface area contributed by atoms with Gasteiger partial charge in [0.15, 0.2) is 0 Å². The van der Waals surface area contributed by atoms with Gasteiger partial charge in [0.2, 0.25) is 15.9 Å². The first-order valence-corrected chi connectivity index (χ1v) is 21.1. The maximum atomic E-state index is 15.1. The van der Waals surface area contributed by atoms with Crippen LogP contribution in [-0.2, 0) is 21.4 Å². The van der Waals surface area contributed by atoms with Crippen LogP contribution in [0.25, 0.3) is 22.2 Å². The number of likely N-dealkylation sites (N-methyl/N-ethyl adjacent to an activating group) is 1. The van der Waals surface area contributed by atoms with Gasteiger partial charge in [0.25, 0.3) is 5.91 Å². The summed E-state index contributed by atoms with van der Waals surface area (Å²) < 4.78 is 36.7. The molecule has 2 aliphatic carbocycles. The lowest BCUT2D eigenvalue weighted by atomic mass is 9.72. The molecule has 9 nitrogen and oxygen atoms in total. The maximum absolute atomic E-state index is 15.1. The summed E-state index contributed by atoms with van der Waals surface area (Å²) in [7, 11) is 1.87. The summed E-state index contributed by atoms with van der Waals surface area (Å²) in [5.41, 5.74) is 4.89. The second-order valence-corrected chi connectivity index (χ2v) is 18.6. The Bertz CT molecular complexity index is 2080. The SMILES string of the molecule is CCC#CCC1(S(=O)(=O)NC(=O)c2ccc3c(C4CCCCC4)c4n(c3c2)CC(C)(C(=O)N2CCCC2CN(C)C)C(C)c2cc(OC)ccc2-4)CC1. The zero-order valence-electron chi connectivity index (χ0n) is 32.4. The minimum atomic E-state index is -3.95. The van der Waals surface area contributed by atoms with E-state index in [0.717, 1.165) is 85.1 Å². The van der Waals surface area contributed by atoms with Gasteiger partial charge >= 0.3 is 0 Å². The van der Waals surface area contributed by atoms with E-state index < -0.39 is 26.1 Å². The Morgan fingerprint density at radius 1 is 1.02 bits per heavy atom. The predicted molar refractivity (Wildman–Crippen MR) is 211 cm³/mol. The molecule has 4 aliphatic rings. The molecule has 0 bridgehead atoms. The van der Waals surface area contributed by atoms with E-state index in [2.05, 4.69) is 71.0 Å². The second kappa shape index (κ2) is 14.4. The Kier molecular flexibility index (Phi) is 10.2. The summed E-state index contributed by atoms with van der Waals surface area (Å²) in [6.07, 6.45) is 9.51. The van der Waals surface area contributed by atoms with Crippen LogP contribution < -0.4 is 9.46 Å². The summed E-state index contributed by atoms with van der Waals surface area (Å²) in [5.74, 6) is 6.44. The third kappa shape index (κ3) is 6.67.